The molecule has 1 aromatic carbocycles. The van der Waals surface area contributed by atoms with E-state index in [1.165, 1.54) is 0 Å². The summed E-state index contributed by atoms with van der Waals surface area (Å²) in [4.78, 5) is 20.3. The average molecular weight is 356 g/mol. The predicted molar refractivity (Wildman–Crippen MR) is 81.7 cm³/mol. The number of rotatable bonds is 3. The summed E-state index contributed by atoms with van der Waals surface area (Å²) >= 11 is 9.28. The summed E-state index contributed by atoms with van der Waals surface area (Å²) in [7, 11) is 0. The molecule has 0 radical (unpaired) electrons. The molecule has 1 amide bonds. The summed E-state index contributed by atoms with van der Waals surface area (Å²) in [5.74, 6) is -0.0268. The Hall–Kier alpha value is -1.66. The lowest BCUT2D eigenvalue weighted by atomic mass is 10.2. The molecule has 0 unspecified atom stereocenters. The molecule has 5 nitrogen and oxygen atoms in total. The van der Waals surface area contributed by atoms with E-state index in [4.69, 9.17) is 11.6 Å². The third-order valence-corrected chi connectivity index (χ3v) is 3.27. The number of amides is 1. The molecular formula is C13H12BrClN4O. The third-order valence-electron chi connectivity index (χ3n) is 2.44. The number of hydrazine groups is 1. The lowest BCUT2D eigenvalue weighted by Gasteiger charge is -2.09. The fourth-order valence-corrected chi connectivity index (χ4v) is 2.20. The Kier molecular flexibility index (Phi) is 4.57. The molecule has 2 N–H and O–H groups in total. The lowest BCUT2D eigenvalue weighted by molar-refractivity contribution is 0.0962. The van der Waals surface area contributed by atoms with Gasteiger partial charge in [-0.2, -0.15) is 0 Å². The maximum atomic E-state index is 12.0. The standard InChI is InChI=1S/C13H12BrClN4O/c1-7-5-8(2)17-13(16-7)19-18-12(20)10-6-9(14)3-4-11(10)15/h3-6H,1-2H3,(H,18,20)(H,16,17,19). The van der Waals surface area contributed by atoms with E-state index in [0.29, 0.717) is 16.5 Å². The van der Waals surface area contributed by atoms with Gasteiger partial charge in [-0.05, 0) is 38.1 Å². The van der Waals surface area contributed by atoms with Crippen LogP contribution in [0.3, 0.4) is 0 Å². The predicted octanol–water partition coefficient (Wildman–Crippen LogP) is 3.27. The molecule has 0 fully saturated rings. The second kappa shape index (κ2) is 6.19. The van der Waals surface area contributed by atoms with Crippen LogP contribution in [0.2, 0.25) is 5.02 Å². The number of aromatic nitrogens is 2. The van der Waals surface area contributed by atoms with Crippen molar-refractivity contribution in [1.82, 2.24) is 15.4 Å². The molecule has 7 heteroatoms. The molecule has 0 saturated carbocycles. The van der Waals surface area contributed by atoms with Gasteiger partial charge in [0.1, 0.15) is 0 Å². The Labute approximate surface area is 129 Å². The van der Waals surface area contributed by atoms with Crippen LogP contribution in [0.25, 0.3) is 0 Å². The van der Waals surface area contributed by atoms with Crippen molar-refractivity contribution in [2.45, 2.75) is 13.8 Å². The first kappa shape index (κ1) is 14.7. The zero-order valence-corrected chi connectivity index (χ0v) is 13.2. The van der Waals surface area contributed by atoms with Gasteiger partial charge < -0.3 is 0 Å². The number of carbonyl (C=O) groups is 1. The van der Waals surface area contributed by atoms with Crippen LogP contribution in [0, 0.1) is 13.8 Å². The van der Waals surface area contributed by atoms with Gasteiger partial charge in [-0.25, -0.2) is 9.97 Å². The highest BCUT2D eigenvalue weighted by Crippen LogP contribution is 2.20. The van der Waals surface area contributed by atoms with Crippen molar-refractivity contribution < 1.29 is 4.79 Å². The molecule has 0 bridgehead atoms. The molecule has 104 valence electrons. The number of hydrogen-bond donors (Lipinski definition) is 2. The van der Waals surface area contributed by atoms with E-state index in [-0.39, 0.29) is 5.91 Å². The maximum absolute atomic E-state index is 12.0. The number of carbonyl (C=O) groups excluding carboxylic acids is 1. The normalized spacial score (nSPS) is 10.2. The first-order chi connectivity index (χ1) is 9.45. The minimum Gasteiger partial charge on any atom is -0.267 e. The van der Waals surface area contributed by atoms with Crippen LogP contribution in [0.15, 0.2) is 28.7 Å². The van der Waals surface area contributed by atoms with Crippen molar-refractivity contribution in [3.63, 3.8) is 0 Å². The molecule has 0 spiro atoms. The maximum Gasteiger partial charge on any atom is 0.271 e. The van der Waals surface area contributed by atoms with Gasteiger partial charge in [0.05, 0.1) is 10.6 Å². The van der Waals surface area contributed by atoms with E-state index >= 15 is 0 Å². The number of halogens is 2. The van der Waals surface area contributed by atoms with Gasteiger partial charge in [-0.1, -0.05) is 27.5 Å². The largest absolute Gasteiger partial charge is 0.271 e. The zero-order valence-electron chi connectivity index (χ0n) is 10.9. The summed E-state index contributed by atoms with van der Waals surface area (Å²) in [5, 5.41) is 0.369. The molecule has 0 atom stereocenters. The van der Waals surface area contributed by atoms with E-state index in [1.54, 1.807) is 18.2 Å². The first-order valence-corrected chi connectivity index (χ1v) is 6.96. The zero-order chi connectivity index (χ0) is 14.7. The summed E-state index contributed by atoms with van der Waals surface area (Å²) in [6.45, 7) is 3.71. The SMILES string of the molecule is Cc1cc(C)nc(NNC(=O)c2cc(Br)ccc2Cl)n1. The van der Waals surface area contributed by atoms with Crippen LogP contribution in [0.5, 0.6) is 0 Å². The number of nitrogens with zero attached hydrogens (tertiary/aromatic N) is 2. The highest BCUT2D eigenvalue weighted by atomic mass is 79.9. The number of benzene rings is 1. The molecule has 1 aromatic heterocycles. The average Bonchev–Trinajstić information content (AvgIpc) is 2.38. The fourth-order valence-electron chi connectivity index (χ4n) is 1.63. The Morgan fingerprint density at radius 2 is 1.85 bits per heavy atom. The fraction of sp³-hybridized carbons (Fsp3) is 0.154. The van der Waals surface area contributed by atoms with Crippen molar-refractivity contribution in [2.24, 2.45) is 0 Å². The number of hydrogen-bond acceptors (Lipinski definition) is 4. The van der Waals surface area contributed by atoms with E-state index < -0.39 is 0 Å². The highest BCUT2D eigenvalue weighted by molar-refractivity contribution is 9.10. The molecule has 0 saturated heterocycles. The molecule has 0 aliphatic rings. The topological polar surface area (TPSA) is 66.9 Å². The second-order valence-corrected chi connectivity index (χ2v) is 5.50. The molecular weight excluding hydrogens is 344 g/mol. The van der Waals surface area contributed by atoms with Gasteiger partial charge in [0.25, 0.3) is 5.91 Å². The second-order valence-electron chi connectivity index (χ2n) is 4.18. The van der Waals surface area contributed by atoms with E-state index in [2.05, 4.69) is 36.7 Å². The first-order valence-electron chi connectivity index (χ1n) is 5.79. The minimum atomic E-state index is -0.362. The quantitative estimate of drug-likeness (QED) is 0.829. The van der Waals surface area contributed by atoms with Crippen molar-refractivity contribution in [1.29, 1.82) is 0 Å². The Morgan fingerprint density at radius 3 is 2.50 bits per heavy atom. The molecule has 2 aromatic rings. The summed E-state index contributed by atoms with van der Waals surface area (Å²) < 4.78 is 0.773. The van der Waals surface area contributed by atoms with Crippen LogP contribution in [-0.2, 0) is 0 Å². The summed E-state index contributed by atoms with van der Waals surface area (Å²) in [6, 6.07) is 6.90. The molecule has 2 rings (SSSR count). The number of nitrogens with one attached hydrogen (secondary N) is 2. The van der Waals surface area contributed by atoms with Gasteiger partial charge >= 0.3 is 0 Å². The Bertz CT molecular complexity index is 643. The van der Waals surface area contributed by atoms with E-state index in [1.807, 2.05) is 19.9 Å². The van der Waals surface area contributed by atoms with Crippen molar-refractivity contribution in [3.8, 4) is 0 Å². The monoisotopic (exact) mass is 354 g/mol. The third kappa shape index (κ3) is 3.68. The van der Waals surface area contributed by atoms with Crippen LogP contribution < -0.4 is 10.9 Å². The molecule has 0 aliphatic carbocycles. The van der Waals surface area contributed by atoms with E-state index in [0.717, 1.165) is 15.9 Å². The van der Waals surface area contributed by atoms with Crippen molar-refractivity contribution in [2.75, 3.05) is 5.43 Å². The minimum absolute atomic E-state index is 0.335. The van der Waals surface area contributed by atoms with Crippen LogP contribution >= 0.6 is 27.5 Å². The summed E-state index contributed by atoms with van der Waals surface area (Å²) in [6.07, 6.45) is 0. The molecule has 0 aliphatic heterocycles. The highest BCUT2D eigenvalue weighted by Gasteiger charge is 2.11. The van der Waals surface area contributed by atoms with Crippen LogP contribution in [-0.4, -0.2) is 15.9 Å². The van der Waals surface area contributed by atoms with Crippen molar-refractivity contribution in [3.05, 3.63) is 50.7 Å². The smallest absolute Gasteiger partial charge is 0.267 e. The number of anilines is 1. The van der Waals surface area contributed by atoms with Gasteiger partial charge in [-0.3, -0.25) is 15.6 Å². The van der Waals surface area contributed by atoms with Gasteiger partial charge in [0, 0.05) is 15.9 Å². The van der Waals surface area contributed by atoms with Gasteiger partial charge in [0.15, 0.2) is 0 Å². The van der Waals surface area contributed by atoms with Gasteiger partial charge in [0.2, 0.25) is 5.95 Å². The van der Waals surface area contributed by atoms with Crippen LogP contribution in [0.4, 0.5) is 5.95 Å². The lowest BCUT2D eigenvalue weighted by Crippen LogP contribution is -2.30. The Balaban J connectivity index is 2.10. The van der Waals surface area contributed by atoms with E-state index in [9.17, 15) is 4.79 Å². The van der Waals surface area contributed by atoms with Gasteiger partial charge in [-0.15, -0.1) is 0 Å². The van der Waals surface area contributed by atoms with Crippen molar-refractivity contribution >= 4 is 39.4 Å². The molecule has 20 heavy (non-hydrogen) atoms. The Morgan fingerprint density at radius 1 is 1.20 bits per heavy atom. The number of aryl methyl sites for hydroxylation is 2. The molecule has 1 heterocycles. The van der Waals surface area contributed by atoms with Crippen LogP contribution in [0.1, 0.15) is 21.7 Å². The summed E-state index contributed by atoms with van der Waals surface area (Å²) in [5.41, 5.74) is 7.18.